The van der Waals surface area contributed by atoms with Crippen molar-refractivity contribution in [3.05, 3.63) is 76.9 Å². The van der Waals surface area contributed by atoms with E-state index in [1.165, 1.54) is 6.07 Å². The minimum Gasteiger partial charge on any atom is -0.497 e. The van der Waals surface area contributed by atoms with Crippen LogP contribution in [0.15, 0.2) is 48.5 Å². The van der Waals surface area contributed by atoms with E-state index in [9.17, 15) is 9.18 Å². The van der Waals surface area contributed by atoms with Gasteiger partial charge in [0.25, 0.3) is 5.91 Å². The van der Waals surface area contributed by atoms with Crippen LogP contribution in [0.4, 0.5) is 4.39 Å². The Morgan fingerprint density at radius 3 is 2.59 bits per heavy atom. The third kappa shape index (κ3) is 4.91. The van der Waals surface area contributed by atoms with E-state index in [0.717, 1.165) is 22.7 Å². The summed E-state index contributed by atoms with van der Waals surface area (Å²) in [6.45, 7) is 1.43. The van der Waals surface area contributed by atoms with Crippen molar-refractivity contribution < 1.29 is 23.4 Å². The minimum atomic E-state index is -0.288. The van der Waals surface area contributed by atoms with Gasteiger partial charge in [-0.05, 0) is 30.3 Å². The van der Waals surface area contributed by atoms with Crippen molar-refractivity contribution in [1.82, 2.24) is 14.7 Å². The molecule has 0 aliphatic carbocycles. The Kier molecular flexibility index (Phi) is 6.70. The average molecular weight is 439 g/mol. The molecule has 1 aliphatic rings. The van der Waals surface area contributed by atoms with Gasteiger partial charge in [0.2, 0.25) is 0 Å². The fourth-order valence-electron chi connectivity index (χ4n) is 3.78. The van der Waals surface area contributed by atoms with E-state index in [1.807, 2.05) is 11.7 Å². The lowest BCUT2D eigenvalue weighted by atomic mass is 10.1. The van der Waals surface area contributed by atoms with E-state index in [2.05, 4.69) is 5.10 Å². The first kappa shape index (κ1) is 21.8. The molecule has 0 bridgehead atoms. The lowest BCUT2D eigenvalue weighted by molar-refractivity contribution is -0.134. The molecule has 7 nitrogen and oxygen atoms in total. The van der Waals surface area contributed by atoms with E-state index in [1.54, 1.807) is 54.5 Å². The zero-order chi connectivity index (χ0) is 22.5. The second-order valence-corrected chi connectivity index (χ2v) is 7.61. The maximum atomic E-state index is 13.8. The van der Waals surface area contributed by atoms with Gasteiger partial charge in [0.05, 0.1) is 26.0 Å². The number of aryl methyl sites for hydroxylation is 1. The number of amides is 1. The van der Waals surface area contributed by atoms with Crippen LogP contribution in [-0.2, 0) is 42.8 Å². The van der Waals surface area contributed by atoms with Crippen molar-refractivity contribution >= 4 is 5.91 Å². The molecule has 0 fully saturated rings. The summed E-state index contributed by atoms with van der Waals surface area (Å²) in [4.78, 5) is 14.5. The third-order valence-electron chi connectivity index (χ3n) is 5.55. The molecule has 32 heavy (non-hydrogen) atoms. The normalized spacial score (nSPS) is 13.0. The summed E-state index contributed by atoms with van der Waals surface area (Å²) in [6, 6.07) is 13.7. The van der Waals surface area contributed by atoms with Crippen LogP contribution in [0.1, 0.15) is 22.5 Å². The SMILES string of the molecule is COc1ccc(OCC(=O)N2CCc3c(c(COCc4ccccc4F)nn3C)C2)cc1. The van der Waals surface area contributed by atoms with E-state index >= 15 is 0 Å². The molecule has 1 aliphatic heterocycles. The van der Waals surface area contributed by atoms with E-state index in [4.69, 9.17) is 14.2 Å². The molecule has 168 valence electrons. The Bertz CT molecular complexity index is 1080. The van der Waals surface area contributed by atoms with Gasteiger partial charge in [-0.1, -0.05) is 18.2 Å². The molecule has 0 unspecified atom stereocenters. The number of nitrogens with zero attached hydrogens (tertiary/aromatic N) is 3. The molecule has 2 heterocycles. The van der Waals surface area contributed by atoms with E-state index in [-0.39, 0.29) is 31.5 Å². The lowest BCUT2D eigenvalue weighted by Gasteiger charge is -2.27. The number of hydrogen-bond acceptors (Lipinski definition) is 5. The van der Waals surface area contributed by atoms with Crippen molar-refractivity contribution in [3.63, 3.8) is 0 Å². The number of halogens is 1. The molecule has 0 saturated carbocycles. The summed E-state index contributed by atoms with van der Waals surface area (Å²) in [5.74, 6) is 0.965. The first-order valence-corrected chi connectivity index (χ1v) is 10.4. The fourth-order valence-corrected chi connectivity index (χ4v) is 3.78. The smallest absolute Gasteiger partial charge is 0.260 e. The number of fused-ring (bicyclic) bond motifs is 1. The number of carbonyl (C=O) groups is 1. The highest BCUT2D eigenvalue weighted by Gasteiger charge is 2.27. The standard InChI is InChI=1S/C24H26FN3O4/c1-27-23-11-12-28(24(29)16-32-19-9-7-18(30-2)8-10-19)13-20(23)22(26-27)15-31-14-17-5-3-4-6-21(17)25/h3-10H,11-16H2,1-2H3. The molecule has 0 N–H and O–H groups in total. The molecule has 4 rings (SSSR count). The van der Waals surface area contributed by atoms with Crippen LogP contribution in [0.3, 0.4) is 0 Å². The highest BCUT2D eigenvalue weighted by Crippen LogP contribution is 2.24. The van der Waals surface area contributed by atoms with Crippen molar-refractivity contribution in [1.29, 1.82) is 0 Å². The zero-order valence-corrected chi connectivity index (χ0v) is 18.2. The number of aromatic nitrogens is 2. The van der Waals surface area contributed by atoms with Crippen molar-refractivity contribution in [2.75, 3.05) is 20.3 Å². The largest absolute Gasteiger partial charge is 0.497 e. The van der Waals surface area contributed by atoms with Crippen LogP contribution in [-0.4, -0.2) is 40.8 Å². The van der Waals surface area contributed by atoms with Gasteiger partial charge in [-0.15, -0.1) is 0 Å². The summed E-state index contributed by atoms with van der Waals surface area (Å²) in [5.41, 5.74) is 3.36. The molecule has 0 atom stereocenters. The van der Waals surface area contributed by atoms with Crippen LogP contribution < -0.4 is 9.47 Å². The van der Waals surface area contributed by atoms with Crippen molar-refractivity contribution in [2.45, 2.75) is 26.2 Å². The van der Waals surface area contributed by atoms with Crippen LogP contribution in [0.25, 0.3) is 0 Å². The molecule has 3 aromatic rings. The van der Waals surface area contributed by atoms with Gasteiger partial charge in [-0.2, -0.15) is 5.10 Å². The Morgan fingerprint density at radius 1 is 1.09 bits per heavy atom. The van der Waals surface area contributed by atoms with Gasteiger partial charge in [0, 0.05) is 43.4 Å². The lowest BCUT2D eigenvalue weighted by Crippen LogP contribution is -2.39. The Balaban J connectivity index is 1.35. The number of hydrogen-bond donors (Lipinski definition) is 0. The molecule has 8 heteroatoms. The van der Waals surface area contributed by atoms with Gasteiger partial charge in [-0.3, -0.25) is 9.48 Å². The molecule has 1 aromatic heterocycles. The van der Waals surface area contributed by atoms with Crippen LogP contribution in [0, 0.1) is 5.82 Å². The number of benzene rings is 2. The molecule has 0 radical (unpaired) electrons. The summed E-state index contributed by atoms with van der Waals surface area (Å²) in [6.07, 6.45) is 0.709. The van der Waals surface area contributed by atoms with Gasteiger partial charge >= 0.3 is 0 Å². The molecule has 2 aromatic carbocycles. The maximum absolute atomic E-state index is 13.8. The van der Waals surface area contributed by atoms with Crippen LogP contribution in [0.5, 0.6) is 11.5 Å². The molecule has 0 saturated heterocycles. The first-order chi connectivity index (χ1) is 15.5. The molecule has 1 amide bonds. The van der Waals surface area contributed by atoms with Gasteiger partial charge in [0.1, 0.15) is 17.3 Å². The van der Waals surface area contributed by atoms with Crippen molar-refractivity contribution in [2.24, 2.45) is 7.05 Å². The maximum Gasteiger partial charge on any atom is 0.260 e. The van der Waals surface area contributed by atoms with Gasteiger partial charge < -0.3 is 19.1 Å². The number of rotatable bonds is 8. The summed E-state index contributed by atoms with van der Waals surface area (Å²) < 4.78 is 32.1. The number of carbonyl (C=O) groups excluding carboxylic acids is 1. The summed E-state index contributed by atoms with van der Waals surface area (Å²) in [7, 11) is 3.49. The average Bonchev–Trinajstić information content (AvgIpc) is 3.14. The van der Waals surface area contributed by atoms with Crippen molar-refractivity contribution in [3.8, 4) is 11.5 Å². The predicted octanol–water partition coefficient (Wildman–Crippen LogP) is 3.25. The Hall–Kier alpha value is -3.39. The van der Waals surface area contributed by atoms with Gasteiger partial charge in [0.15, 0.2) is 6.61 Å². The second-order valence-electron chi connectivity index (χ2n) is 7.61. The number of methoxy groups -OCH3 is 1. The molecular formula is C24H26FN3O4. The summed E-state index contributed by atoms with van der Waals surface area (Å²) >= 11 is 0. The molecular weight excluding hydrogens is 413 g/mol. The topological polar surface area (TPSA) is 65.8 Å². The minimum absolute atomic E-state index is 0.0406. The zero-order valence-electron chi connectivity index (χ0n) is 18.2. The third-order valence-corrected chi connectivity index (χ3v) is 5.55. The Morgan fingerprint density at radius 2 is 1.84 bits per heavy atom. The van der Waals surface area contributed by atoms with Crippen LogP contribution >= 0.6 is 0 Å². The monoisotopic (exact) mass is 439 g/mol. The van der Waals surface area contributed by atoms with E-state index in [0.29, 0.717) is 30.8 Å². The second kappa shape index (κ2) is 9.82. The fraction of sp³-hybridized carbons (Fsp3) is 0.333. The van der Waals surface area contributed by atoms with Crippen LogP contribution in [0.2, 0.25) is 0 Å². The van der Waals surface area contributed by atoms with Gasteiger partial charge in [-0.25, -0.2) is 4.39 Å². The molecule has 0 spiro atoms. The quantitative estimate of drug-likeness (QED) is 0.539. The highest BCUT2D eigenvalue weighted by molar-refractivity contribution is 5.78. The number of ether oxygens (including phenoxy) is 3. The summed E-state index contributed by atoms with van der Waals surface area (Å²) in [5, 5.41) is 4.57. The highest BCUT2D eigenvalue weighted by atomic mass is 19.1. The Labute approximate surface area is 186 Å². The first-order valence-electron chi connectivity index (χ1n) is 10.4. The predicted molar refractivity (Wildman–Crippen MR) is 116 cm³/mol. The van der Waals surface area contributed by atoms with E-state index < -0.39 is 0 Å².